The Morgan fingerprint density at radius 3 is 2.50 bits per heavy atom. The summed E-state index contributed by atoms with van der Waals surface area (Å²) < 4.78 is 4.62. The molecular weight excluding hydrogens is 230 g/mol. The zero-order chi connectivity index (χ0) is 13.3. The number of nitrogens with zero attached hydrogens (tertiary/aromatic N) is 1. The summed E-state index contributed by atoms with van der Waals surface area (Å²) >= 11 is 0. The lowest BCUT2D eigenvalue weighted by molar-refractivity contribution is 0.144. The molecule has 0 amide bonds. The van der Waals surface area contributed by atoms with Crippen LogP contribution in [0.5, 0.6) is 5.75 Å². The SMILES string of the molecule is CC(C)(C)c1ccc2ccc(OC(=O)O)cc2n1. The van der Waals surface area contributed by atoms with Crippen LogP contribution in [0.3, 0.4) is 0 Å². The molecule has 1 N–H and O–H groups in total. The Kier molecular flexibility index (Phi) is 2.95. The molecule has 0 unspecified atom stereocenters. The molecule has 1 aromatic heterocycles. The number of hydrogen-bond donors (Lipinski definition) is 1. The average molecular weight is 245 g/mol. The van der Waals surface area contributed by atoms with Gasteiger partial charge in [0.1, 0.15) is 5.75 Å². The maximum absolute atomic E-state index is 10.5. The predicted molar refractivity (Wildman–Crippen MR) is 69.1 cm³/mol. The molecule has 2 aromatic rings. The number of pyridine rings is 1. The van der Waals surface area contributed by atoms with Gasteiger partial charge in [-0.05, 0) is 18.2 Å². The van der Waals surface area contributed by atoms with Gasteiger partial charge in [-0.2, -0.15) is 0 Å². The third-order valence-corrected chi connectivity index (χ3v) is 2.64. The second-order valence-electron chi connectivity index (χ2n) is 5.17. The Labute approximate surface area is 105 Å². The molecule has 4 nitrogen and oxygen atoms in total. The first-order valence-corrected chi connectivity index (χ1v) is 5.68. The van der Waals surface area contributed by atoms with Gasteiger partial charge in [0.05, 0.1) is 5.52 Å². The zero-order valence-electron chi connectivity index (χ0n) is 10.6. The topological polar surface area (TPSA) is 59.4 Å². The fourth-order valence-corrected chi connectivity index (χ4v) is 1.68. The molecule has 0 bridgehead atoms. The van der Waals surface area contributed by atoms with E-state index in [4.69, 9.17) is 5.11 Å². The normalized spacial score (nSPS) is 11.5. The summed E-state index contributed by atoms with van der Waals surface area (Å²) in [5.74, 6) is 0.286. The monoisotopic (exact) mass is 245 g/mol. The smallest absolute Gasteiger partial charge is 0.449 e. The van der Waals surface area contributed by atoms with E-state index in [0.717, 1.165) is 16.6 Å². The van der Waals surface area contributed by atoms with Crippen LogP contribution in [0.4, 0.5) is 4.79 Å². The fraction of sp³-hybridized carbons (Fsp3) is 0.286. The first-order valence-electron chi connectivity index (χ1n) is 5.68. The highest BCUT2D eigenvalue weighted by Crippen LogP contribution is 2.25. The van der Waals surface area contributed by atoms with Gasteiger partial charge in [0.15, 0.2) is 0 Å². The summed E-state index contributed by atoms with van der Waals surface area (Å²) in [5, 5.41) is 9.54. The van der Waals surface area contributed by atoms with E-state index in [1.807, 2.05) is 12.1 Å². The lowest BCUT2D eigenvalue weighted by atomic mass is 9.91. The fourth-order valence-electron chi connectivity index (χ4n) is 1.68. The van der Waals surface area contributed by atoms with E-state index in [0.29, 0.717) is 0 Å². The van der Waals surface area contributed by atoms with Crippen LogP contribution in [0.2, 0.25) is 0 Å². The highest BCUT2D eigenvalue weighted by atomic mass is 16.7. The van der Waals surface area contributed by atoms with Crippen LogP contribution < -0.4 is 4.74 Å². The van der Waals surface area contributed by atoms with Crippen molar-refractivity contribution in [2.24, 2.45) is 0 Å². The lowest BCUT2D eigenvalue weighted by Crippen LogP contribution is -2.13. The van der Waals surface area contributed by atoms with Crippen LogP contribution in [-0.2, 0) is 5.41 Å². The standard InChI is InChI=1S/C14H15NO3/c1-14(2,3)12-7-5-9-4-6-10(18-13(16)17)8-11(9)15-12/h4-8H,1-3H3,(H,16,17). The molecule has 94 valence electrons. The number of benzene rings is 1. The third-order valence-electron chi connectivity index (χ3n) is 2.64. The van der Waals surface area contributed by atoms with Crippen molar-refractivity contribution in [1.82, 2.24) is 4.98 Å². The van der Waals surface area contributed by atoms with Crippen molar-refractivity contribution in [2.75, 3.05) is 0 Å². The quantitative estimate of drug-likeness (QED) is 0.616. The van der Waals surface area contributed by atoms with Crippen LogP contribution in [0, 0.1) is 0 Å². The second-order valence-corrected chi connectivity index (χ2v) is 5.17. The molecule has 0 saturated carbocycles. The molecule has 18 heavy (non-hydrogen) atoms. The van der Waals surface area contributed by atoms with E-state index >= 15 is 0 Å². The molecule has 1 heterocycles. The van der Waals surface area contributed by atoms with E-state index in [-0.39, 0.29) is 11.2 Å². The van der Waals surface area contributed by atoms with Gasteiger partial charge in [-0.15, -0.1) is 0 Å². The number of carboxylic acid groups (broad SMARTS) is 1. The highest BCUT2D eigenvalue weighted by molar-refractivity contribution is 5.81. The van der Waals surface area contributed by atoms with Crippen molar-refractivity contribution in [2.45, 2.75) is 26.2 Å². The Morgan fingerprint density at radius 1 is 1.22 bits per heavy atom. The van der Waals surface area contributed by atoms with Crippen LogP contribution in [0.15, 0.2) is 30.3 Å². The van der Waals surface area contributed by atoms with Gasteiger partial charge in [0, 0.05) is 22.6 Å². The summed E-state index contributed by atoms with van der Waals surface area (Å²) in [6.07, 6.45) is -1.32. The van der Waals surface area contributed by atoms with Crippen LogP contribution in [0.1, 0.15) is 26.5 Å². The highest BCUT2D eigenvalue weighted by Gasteiger charge is 2.15. The van der Waals surface area contributed by atoms with Gasteiger partial charge in [-0.1, -0.05) is 26.8 Å². The Hall–Kier alpha value is -2.10. The van der Waals surface area contributed by atoms with E-state index < -0.39 is 6.16 Å². The van der Waals surface area contributed by atoms with Crippen LogP contribution in [-0.4, -0.2) is 16.2 Å². The maximum atomic E-state index is 10.5. The van der Waals surface area contributed by atoms with Crippen LogP contribution >= 0.6 is 0 Å². The van der Waals surface area contributed by atoms with Gasteiger partial charge >= 0.3 is 6.16 Å². The van der Waals surface area contributed by atoms with E-state index in [2.05, 4.69) is 30.5 Å². The van der Waals surface area contributed by atoms with Gasteiger partial charge < -0.3 is 9.84 Å². The zero-order valence-corrected chi connectivity index (χ0v) is 10.6. The van der Waals surface area contributed by atoms with Crippen molar-refractivity contribution in [3.63, 3.8) is 0 Å². The minimum atomic E-state index is -1.32. The Balaban J connectivity index is 2.50. The summed E-state index contributed by atoms with van der Waals surface area (Å²) in [4.78, 5) is 15.0. The minimum absolute atomic E-state index is 0.0438. The molecule has 0 spiro atoms. The summed E-state index contributed by atoms with van der Waals surface area (Å²) in [5.41, 5.74) is 1.65. The number of carbonyl (C=O) groups is 1. The molecule has 0 aliphatic rings. The van der Waals surface area contributed by atoms with Crippen molar-refractivity contribution in [3.8, 4) is 5.75 Å². The molecule has 0 aliphatic heterocycles. The minimum Gasteiger partial charge on any atom is -0.449 e. The molecule has 0 aliphatic carbocycles. The third kappa shape index (κ3) is 2.59. The van der Waals surface area contributed by atoms with E-state index in [1.54, 1.807) is 18.2 Å². The number of rotatable bonds is 1. The Morgan fingerprint density at radius 2 is 1.89 bits per heavy atom. The number of hydrogen-bond acceptors (Lipinski definition) is 3. The average Bonchev–Trinajstić information content (AvgIpc) is 2.26. The molecular formula is C14H15NO3. The molecule has 0 fully saturated rings. The largest absolute Gasteiger partial charge is 0.511 e. The van der Waals surface area contributed by atoms with Crippen molar-refractivity contribution >= 4 is 17.1 Å². The molecule has 0 saturated heterocycles. The molecule has 1 aromatic carbocycles. The summed E-state index contributed by atoms with van der Waals surface area (Å²) in [6, 6.07) is 9.02. The van der Waals surface area contributed by atoms with Gasteiger partial charge in [-0.25, -0.2) is 4.79 Å². The van der Waals surface area contributed by atoms with Crippen molar-refractivity contribution < 1.29 is 14.6 Å². The van der Waals surface area contributed by atoms with Gasteiger partial charge in [0.2, 0.25) is 0 Å². The van der Waals surface area contributed by atoms with Crippen LogP contribution in [0.25, 0.3) is 10.9 Å². The molecule has 0 radical (unpaired) electrons. The number of fused-ring (bicyclic) bond motifs is 1. The predicted octanol–water partition coefficient (Wildman–Crippen LogP) is 3.59. The molecule has 2 rings (SSSR count). The van der Waals surface area contributed by atoms with Gasteiger partial charge in [-0.3, -0.25) is 4.98 Å². The van der Waals surface area contributed by atoms with Crippen molar-refractivity contribution in [1.29, 1.82) is 0 Å². The van der Waals surface area contributed by atoms with E-state index in [1.165, 1.54) is 0 Å². The first-order chi connectivity index (χ1) is 8.36. The Bertz CT molecular complexity index is 600. The summed E-state index contributed by atoms with van der Waals surface area (Å²) in [6.45, 7) is 6.25. The van der Waals surface area contributed by atoms with Crippen molar-refractivity contribution in [3.05, 3.63) is 36.0 Å². The van der Waals surface area contributed by atoms with Gasteiger partial charge in [0.25, 0.3) is 0 Å². The lowest BCUT2D eigenvalue weighted by Gasteiger charge is -2.18. The summed E-state index contributed by atoms with van der Waals surface area (Å²) in [7, 11) is 0. The van der Waals surface area contributed by atoms with E-state index in [9.17, 15) is 4.79 Å². The second kappa shape index (κ2) is 4.29. The molecule has 0 atom stereocenters. The maximum Gasteiger partial charge on any atom is 0.511 e. The number of ether oxygens (including phenoxy) is 1. The molecule has 4 heteroatoms. The number of aromatic nitrogens is 1. The first kappa shape index (κ1) is 12.4.